The number of nitrogens with zero attached hydrogens (tertiary/aromatic N) is 1. The van der Waals surface area contributed by atoms with Crippen LogP contribution in [0.5, 0.6) is 0 Å². The molecule has 21 heavy (non-hydrogen) atoms. The molecule has 0 spiro atoms. The molecule has 1 heterocycles. The normalized spacial score (nSPS) is 15.3. The molecule has 0 bridgehead atoms. The summed E-state index contributed by atoms with van der Waals surface area (Å²) in [6.45, 7) is 11.3. The minimum atomic E-state index is -0.157. The van der Waals surface area contributed by atoms with Crippen LogP contribution in [0.15, 0.2) is 0 Å². The monoisotopic (exact) mass is 303 g/mol. The van der Waals surface area contributed by atoms with Crippen molar-refractivity contribution >= 4 is 6.03 Å². The van der Waals surface area contributed by atoms with Gasteiger partial charge in [-0.05, 0) is 18.8 Å². The van der Waals surface area contributed by atoms with E-state index in [0.29, 0.717) is 0 Å². The van der Waals surface area contributed by atoms with Crippen LogP contribution in [0.4, 0.5) is 4.79 Å². The molecule has 0 radical (unpaired) electrons. The van der Waals surface area contributed by atoms with Crippen molar-refractivity contribution < 1.29 is 14.3 Å². The van der Waals surface area contributed by atoms with E-state index in [1.807, 2.05) is 0 Å². The van der Waals surface area contributed by atoms with Gasteiger partial charge in [0.1, 0.15) is 0 Å². The molecule has 0 atom stereocenters. The van der Waals surface area contributed by atoms with Gasteiger partial charge in [0.15, 0.2) is 0 Å². The first kappa shape index (κ1) is 20.1. The van der Waals surface area contributed by atoms with Gasteiger partial charge in [-0.3, -0.25) is 4.90 Å². The summed E-state index contributed by atoms with van der Waals surface area (Å²) in [7, 11) is 3.14. The maximum absolute atomic E-state index is 9.96. The van der Waals surface area contributed by atoms with Gasteiger partial charge < -0.3 is 20.1 Å². The molecule has 2 N–H and O–H groups in total. The fourth-order valence-corrected chi connectivity index (χ4v) is 1.84. The van der Waals surface area contributed by atoms with Gasteiger partial charge in [-0.25, -0.2) is 4.79 Å². The third kappa shape index (κ3) is 13.9. The topological polar surface area (TPSA) is 62.8 Å². The van der Waals surface area contributed by atoms with Crippen LogP contribution in [0.3, 0.4) is 0 Å². The second-order valence-corrected chi connectivity index (χ2v) is 5.43. The molecule has 0 saturated carbocycles. The Morgan fingerprint density at radius 3 is 2.29 bits per heavy atom. The fraction of sp³-hybridized carbons (Fsp3) is 0.933. The molecule has 1 saturated heterocycles. The highest BCUT2D eigenvalue weighted by atomic mass is 16.5. The van der Waals surface area contributed by atoms with Gasteiger partial charge in [0.25, 0.3) is 0 Å². The first-order chi connectivity index (χ1) is 10.1. The van der Waals surface area contributed by atoms with E-state index in [4.69, 9.17) is 9.47 Å². The minimum Gasteiger partial charge on any atom is -0.380 e. The molecule has 1 aliphatic rings. The number of rotatable bonds is 7. The predicted octanol–water partition coefficient (Wildman–Crippen LogP) is 1.32. The summed E-state index contributed by atoms with van der Waals surface area (Å²) in [6.07, 6.45) is 2.47. The number of urea groups is 1. The lowest BCUT2D eigenvalue weighted by atomic mass is 10.1. The van der Waals surface area contributed by atoms with E-state index in [0.717, 1.165) is 52.0 Å². The van der Waals surface area contributed by atoms with Crippen LogP contribution >= 0.6 is 0 Å². The maximum atomic E-state index is 9.96. The quantitative estimate of drug-likeness (QED) is 0.696. The molecule has 6 nitrogen and oxygen atoms in total. The first-order valence-corrected chi connectivity index (χ1v) is 7.87. The Hall–Kier alpha value is -0.850. The summed E-state index contributed by atoms with van der Waals surface area (Å²) in [5.74, 6) is 0.799. The van der Waals surface area contributed by atoms with Gasteiger partial charge in [0.05, 0.1) is 19.8 Å². The number of carbonyl (C=O) groups excluding carboxylic acids is 1. The molecule has 6 heteroatoms. The number of hydrogen-bond donors (Lipinski definition) is 2. The third-order valence-corrected chi connectivity index (χ3v) is 3.18. The number of morpholine rings is 1. The molecule has 0 aliphatic carbocycles. The van der Waals surface area contributed by atoms with E-state index in [9.17, 15) is 4.79 Å². The Kier molecular flexibility index (Phi) is 13.5. The Balaban J connectivity index is 0.000000567. The van der Waals surface area contributed by atoms with Gasteiger partial charge in [-0.2, -0.15) is 0 Å². The Morgan fingerprint density at radius 2 is 1.81 bits per heavy atom. The standard InChI is InChI=1S/C12H25NO2.C3H8N2O/c1-12(2)4-3-8-14-9-5-13-6-10-15-11-7-13;1-4-3(6)5-2/h12H,3-11H2,1-2H3;1-2H3,(H2,4,5,6). The number of ether oxygens (including phenoxy) is 2. The highest BCUT2D eigenvalue weighted by molar-refractivity contribution is 5.72. The summed E-state index contributed by atoms with van der Waals surface area (Å²) in [6, 6.07) is -0.157. The molecule has 0 aromatic carbocycles. The van der Waals surface area contributed by atoms with E-state index in [1.165, 1.54) is 12.8 Å². The van der Waals surface area contributed by atoms with Crippen molar-refractivity contribution in [1.29, 1.82) is 0 Å². The first-order valence-electron chi connectivity index (χ1n) is 7.87. The number of carbonyl (C=O) groups is 1. The Bertz CT molecular complexity index is 238. The van der Waals surface area contributed by atoms with Crippen LogP contribution in [0.25, 0.3) is 0 Å². The average Bonchev–Trinajstić information content (AvgIpc) is 2.51. The van der Waals surface area contributed by atoms with Gasteiger partial charge in [0, 0.05) is 40.3 Å². The van der Waals surface area contributed by atoms with E-state index in [-0.39, 0.29) is 6.03 Å². The summed E-state index contributed by atoms with van der Waals surface area (Å²) < 4.78 is 10.9. The van der Waals surface area contributed by atoms with Crippen LogP contribution in [0.2, 0.25) is 0 Å². The van der Waals surface area contributed by atoms with Crippen LogP contribution in [0, 0.1) is 5.92 Å². The summed E-state index contributed by atoms with van der Waals surface area (Å²) in [5.41, 5.74) is 0. The molecule has 1 fully saturated rings. The zero-order valence-electron chi connectivity index (χ0n) is 14.1. The lowest BCUT2D eigenvalue weighted by Gasteiger charge is -2.26. The van der Waals surface area contributed by atoms with E-state index in [2.05, 4.69) is 29.4 Å². The lowest BCUT2D eigenvalue weighted by Crippen LogP contribution is -2.38. The molecule has 0 unspecified atom stereocenters. The Morgan fingerprint density at radius 1 is 1.19 bits per heavy atom. The van der Waals surface area contributed by atoms with Gasteiger partial charge in [0.2, 0.25) is 0 Å². The molecule has 126 valence electrons. The van der Waals surface area contributed by atoms with Crippen LogP contribution in [-0.4, -0.2) is 71.1 Å². The van der Waals surface area contributed by atoms with Crippen molar-refractivity contribution in [2.75, 3.05) is 60.2 Å². The second kappa shape index (κ2) is 14.1. The SMILES string of the molecule is CC(C)CCCOCCN1CCOCC1.CNC(=O)NC. The van der Waals surface area contributed by atoms with Crippen LogP contribution < -0.4 is 10.6 Å². The number of amides is 2. The zero-order valence-corrected chi connectivity index (χ0v) is 14.1. The number of hydrogen-bond acceptors (Lipinski definition) is 4. The van der Waals surface area contributed by atoms with E-state index >= 15 is 0 Å². The number of nitrogens with one attached hydrogen (secondary N) is 2. The fourth-order valence-electron chi connectivity index (χ4n) is 1.84. The van der Waals surface area contributed by atoms with Gasteiger partial charge in [-0.1, -0.05) is 13.8 Å². The maximum Gasteiger partial charge on any atom is 0.314 e. The van der Waals surface area contributed by atoms with Crippen LogP contribution in [-0.2, 0) is 9.47 Å². The van der Waals surface area contributed by atoms with Gasteiger partial charge in [-0.15, -0.1) is 0 Å². The van der Waals surface area contributed by atoms with E-state index < -0.39 is 0 Å². The molecular formula is C15H33N3O3. The lowest BCUT2D eigenvalue weighted by molar-refractivity contribution is 0.0198. The molecule has 1 rings (SSSR count). The smallest absolute Gasteiger partial charge is 0.314 e. The van der Waals surface area contributed by atoms with Gasteiger partial charge >= 0.3 is 6.03 Å². The molecule has 0 aromatic rings. The largest absolute Gasteiger partial charge is 0.380 e. The van der Waals surface area contributed by atoms with Crippen molar-refractivity contribution in [3.05, 3.63) is 0 Å². The van der Waals surface area contributed by atoms with Crippen molar-refractivity contribution in [2.45, 2.75) is 26.7 Å². The molecule has 2 amide bonds. The molecule has 1 aliphatic heterocycles. The van der Waals surface area contributed by atoms with Crippen molar-refractivity contribution in [3.8, 4) is 0 Å². The predicted molar refractivity (Wildman–Crippen MR) is 85.7 cm³/mol. The zero-order chi connectivity index (χ0) is 15.9. The summed E-state index contributed by atoms with van der Waals surface area (Å²) in [5, 5.41) is 4.73. The summed E-state index contributed by atoms with van der Waals surface area (Å²) in [4.78, 5) is 12.4. The minimum absolute atomic E-state index is 0.157. The molecule has 0 aromatic heterocycles. The highest BCUT2D eigenvalue weighted by Crippen LogP contribution is 2.03. The highest BCUT2D eigenvalue weighted by Gasteiger charge is 2.08. The van der Waals surface area contributed by atoms with Crippen molar-refractivity contribution in [2.24, 2.45) is 5.92 Å². The third-order valence-electron chi connectivity index (χ3n) is 3.18. The van der Waals surface area contributed by atoms with Crippen molar-refractivity contribution in [1.82, 2.24) is 15.5 Å². The van der Waals surface area contributed by atoms with E-state index in [1.54, 1.807) is 14.1 Å². The Labute approximate surface area is 129 Å². The van der Waals surface area contributed by atoms with Crippen molar-refractivity contribution in [3.63, 3.8) is 0 Å². The summed E-state index contributed by atoms with van der Waals surface area (Å²) >= 11 is 0. The van der Waals surface area contributed by atoms with Crippen LogP contribution in [0.1, 0.15) is 26.7 Å². The molecular weight excluding hydrogens is 270 g/mol. The second-order valence-electron chi connectivity index (χ2n) is 5.43. The average molecular weight is 303 g/mol.